The first-order chi connectivity index (χ1) is 12.6. The van der Waals surface area contributed by atoms with E-state index in [0.717, 1.165) is 44.4 Å². The summed E-state index contributed by atoms with van der Waals surface area (Å²) in [6.07, 6.45) is 4.26. The van der Waals surface area contributed by atoms with Gasteiger partial charge in [-0.15, -0.1) is 24.0 Å². The van der Waals surface area contributed by atoms with E-state index in [0.29, 0.717) is 12.5 Å². The Morgan fingerprint density at radius 2 is 1.79 bits per heavy atom. The standard InChI is InChI=1S/C19H34N4O3S.HI/c1-6-20-18(22-15-19(2,3)23-27(5,24)25)21-14-8-7-9-16-10-12-17(26-4)13-11-16;/h10-13,23H,6-9,14-15H2,1-5H3,(H2,20,21,22);1H. The number of aliphatic imine (C=N–C) groups is 1. The molecule has 0 spiro atoms. The summed E-state index contributed by atoms with van der Waals surface area (Å²) in [5.41, 5.74) is 0.662. The summed E-state index contributed by atoms with van der Waals surface area (Å²) >= 11 is 0. The van der Waals surface area contributed by atoms with Crippen LogP contribution in [0.1, 0.15) is 39.2 Å². The van der Waals surface area contributed by atoms with E-state index in [9.17, 15) is 8.42 Å². The van der Waals surface area contributed by atoms with E-state index >= 15 is 0 Å². The Morgan fingerprint density at radius 1 is 1.14 bits per heavy atom. The lowest BCUT2D eigenvalue weighted by Crippen LogP contribution is -2.46. The highest BCUT2D eigenvalue weighted by Gasteiger charge is 2.21. The van der Waals surface area contributed by atoms with E-state index in [1.165, 1.54) is 5.56 Å². The molecule has 28 heavy (non-hydrogen) atoms. The third-order valence-electron chi connectivity index (χ3n) is 3.78. The molecule has 1 rings (SSSR count). The highest BCUT2D eigenvalue weighted by atomic mass is 127. The van der Waals surface area contributed by atoms with Gasteiger partial charge in [0.25, 0.3) is 0 Å². The Kier molecular flexibility index (Phi) is 12.7. The summed E-state index contributed by atoms with van der Waals surface area (Å²) < 4.78 is 30.6. The lowest BCUT2D eigenvalue weighted by molar-refractivity contribution is 0.414. The number of nitrogens with one attached hydrogen (secondary N) is 3. The van der Waals surface area contributed by atoms with Crippen LogP contribution >= 0.6 is 24.0 Å². The number of methoxy groups -OCH3 is 1. The van der Waals surface area contributed by atoms with Crippen molar-refractivity contribution in [3.8, 4) is 5.75 Å². The molecule has 0 bridgehead atoms. The lowest BCUT2D eigenvalue weighted by Gasteiger charge is -2.23. The summed E-state index contributed by atoms with van der Waals surface area (Å²) in [6, 6.07) is 8.15. The van der Waals surface area contributed by atoms with Gasteiger partial charge < -0.3 is 15.4 Å². The molecule has 0 aliphatic heterocycles. The maximum absolute atomic E-state index is 11.4. The highest BCUT2D eigenvalue weighted by molar-refractivity contribution is 14.0. The number of hydrogen-bond acceptors (Lipinski definition) is 4. The molecular formula is C19H35IN4O3S. The van der Waals surface area contributed by atoms with Gasteiger partial charge in [-0.1, -0.05) is 12.1 Å². The molecule has 1 aromatic carbocycles. The molecule has 0 aliphatic rings. The monoisotopic (exact) mass is 526 g/mol. The molecule has 0 saturated heterocycles. The van der Waals surface area contributed by atoms with Crippen LogP contribution in [0.4, 0.5) is 0 Å². The summed E-state index contributed by atoms with van der Waals surface area (Å²) in [7, 11) is -1.60. The maximum atomic E-state index is 11.4. The second-order valence-corrected chi connectivity index (χ2v) is 8.93. The molecule has 0 unspecified atom stereocenters. The fourth-order valence-electron chi connectivity index (χ4n) is 2.61. The van der Waals surface area contributed by atoms with Gasteiger partial charge in [-0.3, -0.25) is 4.99 Å². The number of aryl methyl sites for hydroxylation is 1. The Morgan fingerprint density at radius 3 is 2.32 bits per heavy atom. The molecular weight excluding hydrogens is 491 g/mol. The zero-order chi connectivity index (χ0) is 20.3. The van der Waals surface area contributed by atoms with E-state index < -0.39 is 15.6 Å². The number of nitrogens with zero attached hydrogens (tertiary/aromatic N) is 1. The minimum absolute atomic E-state index is 0. The van der Waals surface area contributed by atoms with Crippen LogP contribution < -0.4 is 20.1 Å². The minimum atomic E-state index is -3.27. The number of sulfonamides is 1. The first-order valence-electron chi connectivity index (χ1n) is 9.29. The van der Waals surface area contributed by atoms with Crippen LogP contribution in [-0.4, -0.2) is 52.9 Å². The van der Waals surface area contributed by atoms with Crippen LogP contribution in [0.3, 0.4) is 0 Å². The Balaban J connectivity index is 0.00000729. The van der Waals surface area contributed by atoms with E-state index in [4.69, 9.17) is 4.74 Å². The average Bonchev–Trinajstić information content (AvgIpc) is 2.58. The molecule has 0 saturated carbocycles. The van der Waals surface area contributed by atoms with Crippen molar-refractivity contribution in [2.45, 2.75) is 45.6 Å². The van der Waals surface area contributed by atoms with Crippen LogP contribution in [0.25, 0.3) is 0 Å². The number of benzene rings is 1. The highest BCUT2D eigenvalue weighted by Crippen LogP contribution is 2.13. The Hall–Kier alpha value is -1.07. The third kappa shape index (κ3) is 12.4. The van der Waals surface area contributed by atoms with Crippen LogP contribution in [-0.2, 0) is 16.4 Å². The third-order valence-corrected chi connectivity index (χ3v) is 4.71. The second kappa shape index (κ2) is 13.2. The van der Waals surface area contributed by atoms with Gasteiger partial charge in [0.2, 0.25) is 10.0 Å². The van der Waals surface area contributed by atoms with E-state index in [2.05, 4.69) is 32.5 Å². The van der Waals surface area contributed by atoms with Crippen LogP contribution in [0, 0.1) is 0 Å². The number of ether oxygens (including phenoxy) is 1. The molecule has 162 valence electrons. The summed E-state index contributed by atoms with van der Waals surface area (Å²) in [4.78, 5) is 4.50. The van der Waals surface area contributed by atoms with E-state index in [1.807, 2.05) is 32.9 Å². The molecule has 0 heterocycles. The van der Waals surface area contributed by atoms with Crippen molar-refractivity contribution in [1.29, 1.82) is 0 Å². The van der Waals surface area contributed by atoms with Crippen LogP contribution in [0.5, 0.6) is 5.75 Å². The van der Waals surface area contributed by atoms with Crippen molar-refractivity contribution in [3.05, 3.63) is 29.8 Å². The van der Waals surface area contributed by atoms with Gasteiger partial charge in [-0.2, -0.15) is 0 Å². The molecule has 3 N–H and O–H groups in total. The summed E-state index contributed by atoms with van der Waals surface area (Å²) in [5.74, 6) is 1.57. The van der Waals surface area contributed by atoms with Crippen LogP contribution in [0.15, 0.2) is 29.3 Å². The molecule has 9 heteroatoms. The molecule has 0 amide bonds. The predicted octanol–water partition coefficient (Wildman–Crippen LogP) is 2.52. The van der Waals surface area contributed by atoms with Gasteiger partial charge in [0.15, 0.2) is 5.96 Å². The van der Waals surface area contributed by atoms with Crippen molar-refractivity contribution < 1.29 is 13.2 Å². The van der Waals surface area contributed by atoms with Crippen molar-refractivity contribution in [2.75, 3.05) is 33.0 Å². The number of hydrogen-bond donors (Lipinski definition) is 3. The summed E-state index contributed by atoms with van der Waals surface area (Å²) in [5, 5.41) is 6.49. The molecule has 0 aliphatic carbocycles. The van der Waals surface area contributed by atoms with Gasteiger partial charge in [-0.05, 0) is 57.7 Å². The topological polar surface area (TPSA) is 91.8 Å². The number of halogens is 1. The summed E-state index contributed by atoms with van der Waals surface area (Å²) in [6.45, 7) is 7.54. The fraction of sp³-hybridized carbons (Fsp3) is 0.632. The number of unbranched alkanes of at least 4 members (excludes halogenated alkanes) is 1. The molecule has 1 aromatic rings. The van der Waals surface area contributed by atoms with Gasteiger partial charge in [0, 0.05) is 18.6 Å². The first-order valence-corrected chi connectivity index (χ1v) is 11.2. The Bertz CT molecular complexity index is 692. The van der Waals surface area contributed by atoms with Gasteiger partial charge in [0.05, 0.1) is 19.9 Å². The van der Waals surface area contributed by atoms with Gasteiger partial charge in [0.1, 0.15) is 5.75 Å². The average molecular weight is 526 g/mol. The second-order valence-electron chi connectivity index (χ2n) is 7.19. The lowest BCUT2D eigenvalue weighted by atomic mass is 10.1. The zero-order valence-electron chi connectivity index (χ0n) is 17.5. The predicted molar refractivity (Wildman–Crippen MR) is 127 cm³/mol. The van der Waals surface area contributed by atoms with Crippen molar-refractivity contribution >= 4 is 40.0 Å². The minimum Gasteiger partial charge on any atom is -0.497 e. The van der Waals surface area contributed by atoms with Crippen molar-refractivity contribution in [1.82, 2.24) is 15.4 Å². The molecule has 0 aromatic heterocycles. The van der Waals surface area contributed by atoms with Gasteiger partial charge in [-0.25, -0.2) is 13.1 Å². The maximum Gasteiger partial charge on any atom is 0.209 e. The number of guanidine groups is 1. The molecule has 0 radical (unpaired) electrons. The van der Waals surface area contributed by atoms with Crippen molar-refractivity contribution in [2.24, 2.45) is 4.99 Å². The fourth-order valence-corrected chi connectivity index (χ4v) is 3.67. The Labute approximate surface area is 187 Å². The first kappa shape index (κ1) is 26.9. The zero-order valence-corrected chi connectivity index (χ0v) is 20.7. The number of rotatable bonds is 11. The largest absolute Gasteiger partial charge is 0.497 e. The normalized spacial score (nSPS) is 12.2. The van der Waals surface area contributed by atoms with E-state index in [-0.39, 0.29) is 24.0 Å². The van der Waals surface area contributed by atoms with Crippen molar-refractivity contribution in [3.63, 3.8) is 0 Å². The smallest absolute Gasteiger partial charge is 0.209 e. The van der Waals surface area contributed by atoms with E-state index in [1.54, 1.807) is 7.11 Å². The molecule has 0 atom stereocenters. The van der Waals surface area contributed by atoms with Gasteiger partial charge >= 0.3 is 0 Å². The molecule has 0 fully saturated rings. The quantitative estimate of drug-likeness (QED) is 0.179. The SMILES string of the molecule is CCNC(=NCC(C)(C)NS(C)(=O)=O)NCCCCc1ccc(OC)cc1.I. The molecule has 7 nitrogen and oxygen atoms in total. The van der Waals surface area contributed by atoms with Crippen LogP contribution in [0.2, 0.25) is 0 Å².